The zero-order valence-electron chi connectivity index (χ0n) is 5.17. The first kappa shape index (κ1) is 5.65. The maximum absolute atomic E-state index is 9.38. The Hall–Kier alpha value is -0.120. The number of ether oxygens (including phenoxy) is 2. The zero-order chi connectivity index (χ0) is 6.32. The van der Waals surface area contributed by atoms with Crippen molar-refractivity contribution in [3.05, 3.63) is 0 Å². The molecule has 0 radical (unpaired) electrons. The van der Waals surface area contributed by atoms with Crippen molar-refractivity contribution >= 4 is 0 Å². The van der Waals surface area contributed by atoms with E-state index in [4.69, 9.17) is 9.47 Å². The molecule has 0 aromatic heterocycles. The molecular formula is C6H10O3. The molecule has 0 amide bonds. The van der Waals surface area contributed by atoms with Gasteiger partial charge in [-0.05, 0) is 12.8 Å². The van der Waals surface area contributed by atoms with Crippen LogP contribution in [0.4, 0.5) is 0 Å². The van der Waals surface area contributed by atoms with Crippen LogP contribution in [0.25, 0.3) is 0 Å². The van der Waals surface area contributed by atoms with Crippen LogP contribution in [0, 0.1) is 0 Å². The van der Waals surface area contributed by atoms with E-state index in [1.165, 1.54) is 0 Å². The van der Waals surface area contributed by atoms with Crippen LogP contribution in [0.15, 0.2) is 0 Å². The topological polar surface area (TPSA) is 38.7 Å². The molecule has 9 heavy (non-hydrogen) atoms. The summed E-state index contributed by atoms with van der Waals surface area (Å²) in [5.41, 5.74) is 0. The molecule has 0 bridgehead atoms. The van der Waals surface area contributed by atoms with Gasteiger partial charge in [0.05, 0.1) is 6.61 Å². The summed E-state index contributed by atoms with van der Waals surface area (Å²) >= 11 is 0. The van der Waals surface area contributed by atoms with Gasteiger partial charge in [-0.1, -0.05) is 0 Å². The van der Waals surface area contributed by atoms with Gasteiger partial charge in [0.2, 0.25) is 5.79 Å². The molecule has 2 saturated heterocycles. The van der Waals surface area contributed by atoms with E-state index in [2.05, 4.69) is 0 Å². The standard InChI is InChI=1S/C6H10O3/c7-6-4-8-5(6)2-1-3-9-6/h5,7H,1-4H2. The minimum Gasteiger partial charge on any atom is -0.367 e. The molecule has 2 heterocycles. The zero-order valence-corrected chi connectivity index (χ0v) is 5.17. The summed E-state index contributed by atoms with van der Waals surface area (Å²) in [5, 5.41) is 9.38. The lowest BCUT2D eigenvalue weighted by atomic mass is 9.98. The van der Waals surface area contributed by atoms with Crippen molar-refractivity contribution in [3.63, 3.8) is 0 Å². The van der Waals surface area contributed by atoms with Crippen LogP contribution in [-0.2, 0) is 9.47 Å². The van der Waals surface area contributed by atoms with Gasteiger partial charge in [-0.3, -0.25) is 0 Å². The third-order valence-electron chi connectivity index (χ3n) is 1.96. The Bertz CT molecular complexity index is 125. The van der Waals surface area contributed by atoms with Crippen molar-refractivity contribution in [3.8, 4) is 0 Å². The van der Waals surface area contributed by atoms with E-state index in [1.54, 1.807) is 0 Å². The molecule has 0 spiro atoms. The molecule has 0 aromatic rings. The summed E-state index contributed by atoms with van der Waals surface area (Å²) in [7, 11) is 0. The van der Waals surface area contributed by atoms with Crippen LogP contribution >= 0.6 is 0 Å². The second-order valence-electron chi connectivity index (χ2n) is 2.64. The van der Waals surface area contributed by atoms with Crippen molar-refractivity contribution in [2.45, 2.75) is 24.7 Å². The number of hydrogen-bond acceptors (Lipinski definition) is 3. The predicted octanol–water partition coefficient (Wildman–Crippen LogP) is -0.116. The summed E-state index contributed by atoms with van der Waals surface area (Å²) < 4.78 is 10.2. The Labute approximate surface area is 53.6 Å². The highest BCUT2D eigenvalue weighted by Crippen LogP contribution is 2.33. The van der Waals surface area contributed by atoms with Crippen LogP contribution in [0.1, 0.15) is 12.8 Å². The van der Waals surface area contributed by atoms with Gasteiger partial charge in [-0.25, -0.2) is 0 Å². The largest absolute Gasteiger partial charge is 0.367 e. The van der Waals surface area contributed by atoms with Gasteiger partial charge in [0, 0.05) is 0 Å². The molecule has 0 aliphatic carbocycles. The third-order valence-corrected chi connectivity index (χ3v) is 1.96. The van der Waals surface area contributed by atoms with Crippen LogP contribution in [0.3, 0.4) is 0 Å². The lowest BCUT2D eigenvalue weighted by molar-refractivity contribution is -0.377. The van der Waals surface area contributed by atoms with Crippen molar-refractivity contribution in [1.29, 1.82) is 0 Å². The fourth-order valence-electron chi connectivity index (χ4n) is 1.30. The lowest BCUT2D eigenvalue weighted by Crippen LogP contribution is -2.62. The molecule has 2 rings (SSSR count). The minimum absolute atomic E-state index is 0.0359. The van der Waals surface area contributed by atoms with Gasteiger partial charge in [0.25, 0.3) is 0 Å². The Morgan fingerprint density at radius 2 is 2.44 bits per heavy atom. The SMILES string of the molecule is OC12COC1CCCO2. The van der Waals surface area contributed by atoms with Crippen molar-refractivity contribution in [1.82, 2.24) is 0 Å². The van der Waals surface area contributed by atoms with Crippen LogP contribution in [0.5, 0.6) is 0 Å². The Morgan fingerprint density at radius 1 is 1.56 bits per heavy atom. The fourth-order valence-corrected chi connectivity index (χ4v) is 1.30. The summed E-state index contributed by atoms with van der Waals surface area (Å²) in [5.74, 6) is -0.905. The first-order valence-electron chi connectivity index (χ1n) is 3.29. The molecule has 3 heteroatoms. The molecule has 52 valence electrons. The molecular weight excluding hydrogens is 120 g/mol. The molecule has 2 aliphatic rings. The molecule has 1 N–H and O–H groups in total. The van der Waals surface area contributed by atoms with E-state index in [0.717, 1.165) is 12.8 Å². The molecule has 2 atom stereocenters. The van der Waals surface area contributed by atoms with E-state index in [-0.39, 0.29) is 6.10 Å². The second kappa shape index (κ2) is 1.68. The first-order chi connectivity index (χ1) is 4.31. The number of rotatable bonds is 0. The van der Waals surface area contributed by atoms with E-state index in [9.17, 15) is 5.11 Å². The summed E-state index contributed by atoms with van der Waals surface area (Å²) in [6.07, 6.45) is 1.91. The van der Waals surface area contributed by atoms with E-state index in [1.807, 2.05) is 0 Å². The van der Waals surface area contributed by atoms with Crippen molar-refractivity contribution < 1.29 is 14.6 Å². The Kier molecular flexibility index (Phi) is 1.06. The van der Waals surface area contributed by atoms with Gasteiger partial charge in [0.1, 0.15) is 12.7 Å². The van der Waals surface area contributed by atoms with E-state index >= 15 is 0 Å². The van der Waals surface area contributed by atoms with E-state index in [0.29, 0.717) is 13.2 Å². The van der Waals surface area contributed by atoms with Gasteiger partial charge in [-0.15, -0.1) is 0 Å². The fraction of sp³-hybridized carbons (Fsp3) is 1.00. The number of hydrogen-bond donors (Lipinski definition) is 1. The average molecular weight is 130 g/mol. The van der Waals surface area contributed by atoms with Crippen LogP contribution in [0.2, 0.25) is 0 Å². The quantitative estimate of drug-likeness (QED) is 0.497. The average Bonchev–Trinajstić information content (AvgIpc) is 1.82. The maximum atomic E-state index is 9.38. The summed E-state index contributed by atoms with van der Waals surface area (Å²) in [4.78, 5) is 0. The smallest absolute Gasteiger partial charge is 0.216 e. The molecule has 2 aliphatic heterocycles. The first-order valence-corrected chi connectivity index (χ1v) is 3.29. The van der Waals surface area contributed by atoms with E-state index < -0.39 is 5.79 Å². The Balaban J connectivity index is 2.05. The number of fused-ring (bicyclic) bond motifs is 1. The van der Waals surface area contributed by atoms with Gasteiger partial charge in [-0.2, -0.15) is 0 Å². The molecule has 2 fully saturated rings. The highest BCUT2D eigenvalue weighted by molar-refractivity contribution is 4.89. The van der Waals surface area contributed by atoms with Crippen molar-refractivity contribution in [2.75, 3.05) is 13.2 Å². The Morgan fingerprint density at radius 3 is 2.78 bits per heavy atom. The molecule has 0 saturated carbocycles. The number of aliphatic hydroxyl groups is 1. The lowest BCUT2D eigenvalue weighted by Gasteiger charge is -2.47. The third kappa shape index (κ3) is 0.689. The van der Waals surface area contributed by atoms with Crippen LogP contribution in [-0.4, -0.2) is 30.2 Å². The maximum Gasteiger partial charge on any atom is 0.216 e. The monoisotopic (exact) mass is 130 g/mol. The molecule has 0 aromatic carbocycles. The summed E-state index contributed by atoms with van der Waals surface area (Å²) in [6, 6.07) is 0. The van der Waals surface area contributed by atoms with Gasteiger partial charge < -0.3 is 14.6 Å². The predicted molar refractivity (Wildman–Crippen MR) is 29.9 cm³/mol. The molecule has 2 unspecified atom stereocenters. The van der Waals surface area contributed by atoms with Gasteiger partial charge >= 0.3 is 0 Å². The highest BCUT2D eigenvalue weighted by Gasteiger charge is 2.49. The molecule has 3 nitrogen and oxygen atoms in total. The van der Waals surface area contributed by atoms with Gasteiger partial charge in [0.15, 0.2) is 0 Å². The normalized spacial score (nSPS) is 49.7. The second-order valence-corrected chi connectivity index (χ2v) is 2.64. The van der Waals surface area contributed by atoms with Crippen molar-refractivity contribution in [2.24, 2.45) is 0 Å². The highest BCUT2D eigenvalue weighted by atomic mass is 16.7. The minimum atomic E-state index is -0.905. The van der Waals surface area contributed by atoms with Crippen LogP contribution < -0.4 is 0 Å². The summed E-state index contributed by atoms with van der Waals surface area (Å²) in [6.45, 7) is 1.04.